The first-order valence-corrected chi connectivity index (χ1v) is 8.63. The van der Waals surface area contributed by atoms with E-state index in [1.54, 1.807) is 7.11 Å². The van der Waals surface area contributed by atoms with Crippen molar-refractivity contribution in [2.45, 2.75) is 27.0 Å². The van der Waals surface area contributed by atoms with E-state index in [1.165, 1.54) is 0 Å². The third-order valence-corrected chi connectivity index (χ3v) is 3.87. The molecule has 0 fully saturated rings. The van der Waals surface area contributed by atoms with E-state index in [2.05, 4.69) is 53.3 Å². The minimum atomic E-state index is 0.524. The Morgan fingerprint density at radius 3 is 2.52 bits per heavy atom. The molecule has 0 saturated carbocycles. The molecule has 3 nitrogen and oxygen atoms in total. The van der Waals surface area contributed by atoms with E-state index in [0.717, 1.165) is 40.2 Å². The SMILES string of the molecule is COc1cc(Br)cc(CNCC(C)C)c1OCc1ccccc1. The highest BCUT2D eigenvalue weighted by Gasteiger charge is 2.13. The van der Waals surface area contributed by atoms with Gasteiger partial charge in [0.05, 0.1) is 7.11 Å². The number of rotatable bonds is 8. The number of methoxy groups -OCH3 is 1. The van der Waals surface area contributed by atoms with Gasteiger partial charge in [0.25, 0.3) is 0 Å². The molecular weight excluding hydrogens is 354 g/mol. The lowest BCUT2D eigenvalue weighted by Crippen LogP contribution is -2.19. The molecule has 2 rings (SSSR count). The molecule has 2 aromatic rings. The number of ether oxygens (including phenoxy) is 2. The van der Waals surface area contributed by atoms with Crippen LogP contribution in [0.2, 0.25) is 0 Å². The molecule has 0 aliphatic carbocycles. The second kappa shape index (κ2) is 8.94. The van der Waals surface area contributed by atoms with Crippen LogP contribution < -0.4 is 14.8 Å². The zero-order valence-corrected chi connectivity index (χ0v) is 15.5. The van der Waals surface area contributed by atoms with Gasteiger partial charge in [-0.15, -0.1) is 0 Å². The van der Waals surface area contributed by atoms with Crippen LogP contribution >= 0.6 is 15.9 Å². The molecule has 0 radical (unpaired) electrons. The number of halogens is 1. The van der Waals surface area contributed by atoms with Crippen molar-refractivity contribution < 1.29 is 9.47 Å². The highest BCUT2D eigenvalue weighted by molar-refractivity contribution is 9.10. The minimum Gasteiger partial charge on any atom is -0.493 e. The quantitative estimate of drug-likeness (QED) is 0.717. The molecule has 1 N–H and O–H groups in total. The van der Waals surface area contributed by atoms with Gasteiger partial charge in [-0.25, -0.2) is 0 Å². The van der Waals surface area contributed by atoms with E-state index in [4.69, 9.17) is 9.47 Å². The molecule has 0 saturated heterocycles. The fourth-order valence-electron chi connectivity index (χ4n) is 2.29. The molecule has 0 aromatic heterocycles. The maximum absolute atomic E-state index is 6.07. The van der Waals surface area contributed by atoms with Gasteiger partial charge in [-0.2, -0.15) is 0 Å². The van der Waals surface area contributed by atoms with Crippen LogP contribution in [0.3, 0.4) is 0 Å². The van der Waals surface area contributed by atoms with Crippen molar-refractivity contribution in [3.8, 4) is 11.5 Å². The van der Waals surface area contributed by atoms with E-state index in [0.29, 0.717) is 12.5 Å². The first kappa shape index (κ1) is 17.8. The normalized spacial score (nSPS) is 10.8. The summed E-state index contributed by atoms with van der Waals surface area (Å²) in [6, 6.07) is 14.2. The monoisotopic (exact) mass is 377 g/mol. The molecule has 4 heteroatoms. The average molecular weight is 378 g/mol. The maximum Gasteiger partial charge on any atom is 0.166 e. The Balaban J connectivity index is 2.16. The van der Waals surface area contributed by atoms with Crippen molar-refractivity contribution in [3.63, 3.8) is 0 Å². The second-order valence-electron chi connectivity index (χ2n) is 5.90. The van der Waals surface area contributed by atoms with Crippen LogP contribution in [0, 0.1) is 5.92 Å². The molecule has 2 aromatic carbocycles. The van der Waals surface area contributed by atoms with Crippen molar-refractivity contribution in [1.82, 2.24) is 5.32 Å². The summed E-state index contributed by atoms with van der Waals surface area (Å²) in [4.78, 5) is 0. The Hall–Kier alpha value is -1.52. The van der Waals surface area contributed by atoms with Crippen LogP contribution in [0.5, 0.6) is 11.5 Å². The largest absolute Gasteiger partial charge is 0.493 e. The zero-order chi connectivity index (χ0) is 16.7. The third-order valence-electron chi connectivity index (χ3n) is 3.41. The second-order valence-corrected chi connectivity index (χ2v) is 6.81. The fourth-order valence-corrected chi connectivity index (χ4v) is 2.78. The van der Waals surface area contributed by atoms with Crippen molar-refractivity contribution in [2.24, 2.45) is 5.92 Å². The molecular formula is C19H24BrNO2. The summed E-state index contributed by atoms with van der Waals surface area (Å²) >= 11 is 3.54. The summed E-state index contributed by atoms with van der Waals surface area (Å²) in [6.07, 6.45) is 0. The highest BCUT2D eigenvalue weighted by Crippen LogP contribution is 2.35. The van der Waals surface area contributed by atoms with Gasteiger partial charge >= 0.3 is 0 Å². The molecule has 0 unspecified atom stereocenters. The number of hydrogen-bond acceptors (Lipinski definition) is 3. The summed E-state index contributed by atoms with van der Waals surface area (Å²) in [7, 11) is 1.67. The van der Waals surface area contributed by atoms with Crippen molar-refractivity contribution >= 4 is 15.9 Å². The Bertz CT molecular complexity index is 614. The van der Waals surface area contributed by atoms with Crippen LogP contribution in [0.15, 0.2) is 46.9 Å². The summed E-state index contributed by atoms with van der Waals surface area (Å²) in [5, 5.41) is 3.46. The first-order chi connectivity index (χ1) is 11.1. The molecule has 124 valence electrons. The standard InChI is InChI=1S/C19H24BrNO2/c1-14(2)11-21-12-16-9-17(20)10-18(22-3)19(16)23-13-15-7-5-4-6-8-15/h4-10,14,21H,11-13H2,1-3H3. The van der Waals surface area contributed by atoms with Gasteiger partial charge in [0.15, 0.2) is 11.5 Å². The lowest BCUT2D eigenvalue weighted by molar-refractivity contribution is 0.280. The van der Waals surface area contributed by atoms with Crippen LogP contribution in [0.25, 0.3) is 0 Å². The van der Waals surface area contributed by atoms with Crippen LogP contribution in [-0.2, 0) is 13.2 Å². The maximum atomic E-state index is 6.07. The molecule has 0 bridgehead atoms. The van der Waals surface area contributed by atoms with Gasteiger partial charge in [0.1, 0.15) is 6.61 Å². The Kier molecular flexibility index (Phi) is 6.93. The lowest BCUT2D eigenvalue weighted by Gasteiger charge is -2.17. The van der Waals surface area contributed by atoms with Crippen LogP contribution in [0.1, 0.15) is 25.0 Å². The summed E-state index contributed by atoms with van der Waals surface area (Å²) in [5.41, 5.74) is 2.23. The van der Waals surface area contributed by atoms with E-state index < -0.39 is 0 Å². The predicted octanol–water partition coefficient (Wildman–Crippen LogP) is 4.78. The van der Waals surface area contributed by atoms with Gasteiger partial charge < -0.3 is 14.8 Å². The number of hydrogen-bond donors (Lipinski definition) is 1. The Morgan fingerprint density at radius 1 is 1.13 bits per heavy atom. The van der Waals surface area contributed by atoms with Crippen molar-refractivity contribution in [3.05, 3.63) is 58.1 Å². The predicted molar refractivity (Wildman–Crippen MR) is 98.0 cm³/mol. The highest BCUT2D eigenvalue weighted by atomic mass is 79.9. The van der Waals surface area contributed by atoms with Gasteiger partial charge in [-0.1, -0.05) is 60.1 Å². The molecule has 0 aliphatic heterocycles. The van der Waals surface area contributed by atoms with Gasteiger partial charge in [0, 0.05) is 16.6 Å². The van der Waals surface area contributed by atoms with E-state index >= 15 is 0 Å². The number of benzene rings is 2. The molecule has 0 spiro atoms. The van der Waals surface area contributed by atoms with Gasteiger partial charge in [0.2, 0.25) is 0 Å². The Morgan fingerprint density at radius 2 is 1.87 bits per heavy atom. The smallest absolute Gasteiger partial charge is 0.166 e. The van der Waals surface area contributed by atoms with E-state index in [-0.39, 0.29) is 0 Å². The van der Waals surface area contributed by atoms with Crippen LogP contribution in [0.4, 0.5) is 0 Å². The first-order valence-electron chi connectivity index (χ1n) is 7.84. The minimum absolute atomic E-state index is 0.524. The molecule has 23 heavy (non-hydrogen) atoms. The van der Waals surface area contributed by atoms with Crippen molar-refractivity contribution in [2.75, 3.05) is 13.7 Å². The van der Waals surface area contributed by atoms with Gasteiger partial charge in [-0.3, -0.25) is 0 Å². The topological polar surface area (TPSA) is 30.5 Å². The Labute approximate surface area is 147 Å². The summed E-state index contributed by atoms with van der Waals surface area (Å²) in [5.74, 6) is 2.16. The van der Waals surface area contributed by atoms with E-state index in [1.807, 2.05) is 24.3 Å². The summed E-state index contributed by atoms with van der Waals surface area (Å²) < 4.78 is 12.6. The molecule has 0 heterocycles. The molecule has 0 atom stereocenters. The summed E-state index contributed by atoms with van der Waals surface area (Å²) in [6.45, 7) is 6.63. The average Bonchev–Trinajstić information content (AvgIpc) is 2.54. The van der Waals surface area contributed by atoms with Gasteiger partial charge in [-0.05, 0) is 30.2 Å². The molecule has 0 amide bonds. The zero-order valence-electron chi connectivity index (χ0n) is 13.9. The molecule has 0 aliphatic rings. The van der Waals surface area contributed by atoms with E-state index in [9.17, 15) is 0 Å². The fraction of sp³-hybridized carbons (Fsp3) is 0.368. The van der Waals surface area contributed by atoms with Crippen LogP contribution in [-0.4, -0.2) is 13.7 Å². The van der Waals surface area contributed by atoms with Crippen molar-refractivity contribution in [1.29, 1.82) is 0 Å². The third kappa shape index (κ3) is 5.56. The lowest BCUT2D eigenvalue weighted by atomic mass is 10.1. The number of nitrogens with one attached hydrogen (secondary N) is 1.